The van der Waals surface area contributed by atoms with Gasteiger partial charge in [-0.05, 0) is 23.7 Å². The molecular formula is C14H27NOS. The van der Waals surface area contributed by atoms with Gasteiger partial charge in [0, 0.05) is 17.2 Å². The van der Waals surface area contributed by atoms with Crippen molar-refractivity contribution in [2.75, 3.05) is 0 Å². The molecule has 1 aliphatic carbocycles. The first kappa shape index (κ1) is 14.9. The maximum Gasteiger partial charge on any atom is 0.223 e. The van der Waals surface area contributed by atoms with Crippen molar-refractivity contribution in [2.45, 2.75) is 65.7 Å². The van der Waals surface area contributed by atoms with Crippen LogP contribution in [-0.4, -0.2) is 17.2 Å². The van der Waals surface area contributed by atoms with Crippen LogP contribution in [0.1, 0.15) is 54.4 Å². The van der Waals surface area contributed by atoms with Crippen molar-refractivity contribution in [2.24, 2.45) is 16.7 Å². The minimum absolute atomic E-state index is 0.0123. The fourth-order valence-corrected chi connectivity index (χ4v) is 2.33. The summed E-state index contributed by atoms with van der Waals surface area (Å²) in [7, 11) is 0. The van der Waals surface area contributed by atoms with E-state index in [0.717, 1.165) is 12.8 Å². The second-order valence-corrected chi connectivity index (χ2v) is 8.26. The van der Waals surface area contributed by atoms with Gasteiger partial charge in [0.15, 0.2) is 0 Å². The topological polar surface area (TPSA) is 29.1 Å². The van der Waals surface area contributed by atoms with E-state index in [0.29, 0.717) is 11.3 Å². The number of nitrogens with one attached hydrogen (secondary N) is 1. The predicted molar refractivity (Wildman–Crippen MR) is 76.3 cm³/mol. The lowest BCUT2D eigenvalue weighted by Crippen LogP contribution is -2.41. The smallest absolute Gasteiger partial charge is 0.223 e. The first-order chi connectivity index (χ1) is 7.50. The Hall–Kier alpha value is -0.180. The molecule has 0 aromatic heterocycles. The molecule has 1 fully saturated rings. The van der Waals surface area contributed by atoms with E-state index < -0.39 is 0 Å². The molecular weight excluding hydrogens is 230 g/mol. The third kappa shape index (κ3) is 4.90. The van der Waals surface area contributed by atoms with E-state index in [1.165, 1.54) is 0 Å². The van der Waals surface area contributed by atoms with Gasteiger partial charge in [-0.2, -0.15) is 12.6 Å². The number of hydrogen-bond acceptors (Lipinski definition) is 2. The lowest BCUT2D eigenvalue weighted by molar-refractivity contribution is -0.129. The summed E-state index contributed by atoms with van der Waals surface area (Å²) in [5, 5.41) is 3.49. The minimum atomic E-state index is 0.0123. The molecule has 0 spiro atoms. The number of carbonyl (C=O) groups excluding carboxylic acids is 1. The van der Waals surface area contributed by atoms with E-state index in [1.54, 1.807) is 0 Å². The van der Waals surface area contributed by atoms with E-state index in [9.17, 15) is 4.79 Å². The summed E-state index contributed by atoms with van der Waals surface area (Å²) in [4.78, 5) is 12.3. The maximum atomic E-state index is 12.3. The maximum absolute atomic E-state index is 12.3. The fraction of sp³-hybridized carbons (Fsp3) is 0.929. The highest BCUT2D eigenvalue weighted by molar-refractivity contribution is 7.81. The molecule has 0 aromatic carbocycles. The van der Waals surface area contributed by atoms with Crippen molar-refractivity contribution in [3.63, 3.8) is 0 Å². The van der Waals surface area contributed by atoms with Crippen LogP contribution in [0.2, 0.25) is 0 Å². The lowest BCUT2D eigenvalue weighted by Gasteiger charge is -2.34. The van der Waals surface area contributed by atoms with Crippen LogP contribution in [0.15, 0.2) is 0 Å². The molecule has 17 heavy (non-hydrogen) atoms. The van der Waals surface area contributed by atoms with Crippen LogP contribution in [0.25, 0.3) is 0 Å². The van der Waals surface area contributed by atoms with E-state index in [1.807, 2.05) is 0 Å². The molecule has 0 aromatic rings. The Balaban J connectivity index is 2.66. The highest BCUT2D eigenvalue weighted by Gasteiger charge is 2.40. The van der Waals surface area contributed by atoms with Crippen LogP contribution >= 0.6 is 12.6 Å². The zero-order valence-electron chi connectivity index (χ0n) is 12.0. The van der Waals surface area contributed by atoms with Gasteiger partial charge in [-0.15, -0.1) is 0 Å². The number of rotatable bonds is 3. The first-order valence-corrected chi connectivity index (χ1v) is 7.01. The molecule has 0 radical (unpaired) electrons. The van der Waals surface area contributed by atoms with Gasteiger partial charge in [0.05, 0.1) is 0 Å². The van der Waals surface area contributed by atoms with E-state index in [2.05, 4.69) is 59.5 Å². The van der Waals surface area contributed by atoms with E-state index in [-0.39, 0.29) is 22.7 Å². The summed E-state index contributed by atoms with van der Waals surface area (Å²) < 4.78 is 0. The molecule has 1 N–H and O–H groups in total. The van der Waals surface area contributed by atoms with Crippen molar-refractivity contribution in [3.8, 4) is 0 Å². The Morgan fingerprint density at radius 1 is 1.29 bits per heavy atom. The standard InChI is InChI=1S/C14H27NOS/c1-13(2,3)8-9(14(4,5)6)12(16)15-10-7-11(10)17/h9-11,17H,7-8H2,1-6H3,(H,15,16)/t9?,10-,11?/m0/s1. The average molecular weight is 257 g/mol. The largest absolute Gasteiger partial charge is 0.352 e. The summed E-state index contributed by atoms with van der Waals surface area (Å²) in [6, 6.07) is 0.302. The minimum Gasteiger partial charge on any atom is -0.352 e. The molecule has 1 aliphatic rings. The summed E-state index contributed by atoms with van der Waals surface area (Å²) in [5.74, 6) is 0.276. The predicted octanol–water partition coefficient (Wildman–Crippen LogP) is 3.27. The molecule has 0 aliphatic heterocycles. The molecule has 0 saturated heterocycles. The molecule has 0 bridgehead atoms. The summed E-state index contributed by atoms with van der Waals surface area (Å²) in [5.41, 5.74) is 0.192. The van der Waals surface area contributed by atoms with Crippen molar-refractivity contribution in [3.05, 3.63) is 0 Å². The Morgan fingerprint density at radius 2 is 1.76 bits per heavy atom. The summed E-state index contributed by atoms with van der Waals surface area (Å²) >= 11 is 4.36. The van der Waals surface area contributed by atoms with E-state index >= 15 is 0 Å². The van der Waals surface area contributed by atoms with Crippen LogP contribution in [0, 0.1) is 16.7 Å². The highest BCUT2D eigenvalue weighted by Crippen LogP contribution is 2.37. The third-order valence-electron chi connectivity index (χ3n) is 3.26. The summed E-state index contributed by atoms with van der Waals surface area (Å²) in [6.07, 6.45) is 1.94. The molecule has 2 unspecified atom stereocenters. The zero-order chi connectivity index (χ0) is 13.4. The van der Waals surface area contributed by atoms with Crippen molar-refractivity contribution >= 4 is 18.5 Å². The number of thiol groups is 1. The first-order valence-electron chi connectivity index (χ1n) is 6.49. The second-order valence-electron chi connectivity index (χ2n) is 7.60. The van der Waals surface area contributed by atoms with Gasteiger partial charge < -0.3 is 5.32 Å². The quantitative estimate of drug-likeness (QED) is 0.747. The highest BCUT2D eigenvalue weighted by atomic mass is 32.1. The number of amides is 1. The normalized spacial score (nSPS) is 26.5. The fourth-order valence-electron chi connectivity index (χ4n) is 2.02. The summed E-state index contributed by atoms with van der Waals surface area (Å²) in [6.45, 7) is 13.0. The van der Waals surface area contributed by atoms with Gasteiger partial charge in [-0.3, -0.25) is 4.79 Å². The van der Waals surface area contributed by atoms with Gasteiger partial charge in [0.1, 0.15) is 0 Å². The van der Waals surface area contributed by atoms with Gasteiger partial charge in [0.2, 0.25) is 5.91 Å². The molecule has 1 rings (SSSR count). The molecule has 0 heterocycles. The molecule has 1 amide bonds. The SMILES string of the molecule is CC(C)(C)CC(C(=O)N[C@H]1CC1S)C(C)(C)C. The van der Waals surface area contributed by atoms with Crippen molar-refractivity contribution in [1.29, 1.82) is 0 Å². The van der Waals surface area contributed by atoms with Crippen LogP contribution in [-0.2, 0) is 4.79 Å². The molecule has 3 heteroatoms. The molecule has 100 valence electrons. The Kier molecular flexibility index (Phi) is 4.23. The Labute approximate surface area is 111 Å². The van der Waals surface area contributed by atoms with Crippen molar-refractivity contribution < 1.29 is 4.79 Å². The van der Waals surface area contributed by atoms with Crippen LogP contribution in [0.4, 0.5) is 0 Å². The molecule has 1 saturated carbocycles. The van der Waals surface area contributed by atoms with Crippen molar-refractivity contribution in [1.82, 2.24) is 5.32 Å². The van der Waals surface area contributed by atoms with Crippen LogP contribution in [0.3, 0.4) is 0 Å². The Bertz CT molecular complexity index is 288. The van der Waals surface area contributed by atoms with Crippen LogP contribution in [0.5, 0.6) is 0 Å². The van der Waals surface area contributed by atoms with Gasteiger partial charge in [-0.1, -0.05) is 41.5 Å². The second kappa shape index (κ2) is 4.83. The third-order valence-corrected chi connectivity index (χ3v) is 3.83. The Morgan fingerprint density at radius 3 is 2.06 bits per heavy atom. The lowest BCUT2D eigenvalue weighted by atomic mass is 9.71. The van der Waals surface area contributed by atoms with Gasteiger partial charge >= 0.3 is 0 Å². The molecule has 3 atom stereocenters. The average Bonchev–Trinajstić information content (AvgIpc) is 2.74. The van der Waals surface area contributed by atoms with Crippen LogP contribution < -0.4 is 5.32 Å². The van der Waals surface area contributed by atoms with Gasteiger partial charge in [0.25, 0.3) is 0 Å². The number of carbonyl (C=O) groups is 1. The zero-order valence-corrected chi connectivity index (χ0v) is 12.9. The molecule has 2 nitrogen and oxygen atoms in total. The van der Waals surface area contributed by atoms with E-state index in [4.69, 9.17) is 0 Å². The van der Waals surface area contributed by atoms with Gasteiger partial charge in [-0.25, -0.2) is 0 Å². The number of hydrogen-bond donors (Lipinski definition) is 2. The monoisotopic (exact) mass is 257 g/mol.